The fourth-order valence-electron chi connectivity index (χ4n) is 2.24. The highest BCUT2D eigenvalue weighted by molar-refractivity contribution is 7.99. The van der Waals surface area contributed by atoms with Gasteiger partial charge in [-0.2, -0.15) is 24.9 Å². The number of nitrogens with zero attached hydrogens (tertiary/aromatic N) is 2. The number of carboxylic acid groups (broad SMARTS) is 1. The maximum Gasteiger partial charge on any atom is 0.422 e. The summed E-state index contributed by atoms with van der Waals surface area (Å²) in [6.07, 6.45) is -3.50. The van der Waals surface area contributed by atoms with Gasteiger partial charge in [0.2, 0.25) is 5.88 Å². The van der Waals surface area contributed by atoms with Crippen molar-refractivity contribution >= 4 is 23.6 Å². The van der Waals surface area contributed by atoms with Gasteiger partial charge in [0.15, 0.2) is 6.61 Å². The molecule has 1 aromatic heterocycles. The molecule has 10 heteroatoms. The first-order chi connectivity index (χ1) is 11.3. The molecular formula is C14H15F3N2O4S. The lowest BCUT2D eigenvalue weighted by Crippen LogP contribution is -2.47. The molecule has 2 heterocycles. The average molecular weight is 364 g/mol. The first-order valence-corrected chi connectivity index (χ1v) is 8.18. The standard InChI is InChI=1S/C14H15F3N2O4S/c15-14(16,17)8-23-11-5-9(1-2-18-11)13(22)19-3-4-24-7-10(19)6-12(20)21/h1-2,5,10H,3-4,6-8H2,(H,20,21). The lowest BCUT2D eigenvalue weighted by molar-refractivity contribution is -0.154. The zero-order valence-electron chi connectivity index (χ0n) is 12.5. The number of halogens is 3. The normalized spacial score (nSPS) is 18.3. The van der Waals surface area contributed by atoms with Crippen LogP contribution in [0.25, 0.3) is 0 Å². The Labute approximate surface area is 140 Å². The van der Waals surface area contributed by atoms with E-state index in [9.17, 15) is 22.8 Å². The number of hydrogen-bond donors (Lipinski definition) is 1. The van der Waals surface area contributed by atoms with Crippen LogP contribution in [-0.2, 0) is 4.79 Å². The second-order valence-electron chi connectivity index (χ2n) is 5.11. The quantitative estimate of drug-likeness (QED) is 0.862. The van der Waals surface area contributed by atoms with Crippen LogP contribution in [0.5, 0.6) is 5.88 Å². The molecule has 1 aromatic rings. The van der Waals surface area contributed by atoms with E-state index in [4.69, 9.17) is 5.11 Å². The van der Waals surface area contributed by atoms with Crippen molar-refractivity contribution in [3.8, 4) is 5.88 Å². The van der Waals surface area contributed by atoms with Gasteiger partial charge in [0, 0.05) is 35.9 Å². The first-order valence-electron chi connectivity index (χ1n) is 7.02. The number of carbonyl (C=O) groups is 2. The number of aromatic nitrogens is 1. The monoisotopic (exact) mass is 364 g/mol. The lowest BCUT2D eigenvalue weighted by atomic mass is 10.1. The van der Waals surface area contributed by atoms with Crippen molar-refractivity contribution in [2.45, 2.75) is 18.6 Å². The van der Waals surface area contributed by atoms with Gasteiger partial charge in [-0.1, -0.05) is 0 Å². The molecule has 1 unspecified atom stereocenters. The summed E-state index contributed by atoms with van der Waals surface area (Å²) in [5.74, 6) is -0.588. The van der Waals surface area contributed by atoms with Crippen molar-refractivity contribution in [2.75, 3.05) is 24.7 Å². The summed E-state index contributed by atoms with van der Waals surface area (Å²) in [7, 11) is 0. The van der Waals surface area contributed by atoms with Crippen LogP contribution in [0.1, 0.15) is 16.8 Å². The second kappa shape index (κ2) is 7.73. The van der Waals surface area contributed by atoms with Gasteiger partial charge in [-0.05, 0) is 6.07 Å². The maximum absolute atomic E-state index is 12.6. The van der Waals surface area contributed by atoms with E-state index in [0.717, 1.165) is 6.07 Å². The third-order valence-electron chi connectivity index (χ3n) is 3.26. The molecule has 1 atom stereocenters. The zero-order valence-corrected chi connectivity index (χ0v) is 13.3. The largest absolute Gasteiger partial charge is 0.481 e. The summed E-state index contributed by atoms with van der Waals surface area (Å²) in [6, 6.07) is 2.04. The maximum atomic E-state index is 12.6. The Morgan fingerprint density at radius 2 is 2.21 bits per heavy atom. The number of carbonyl (C=O) groups excluding carboxylic acids is 1. The van der Waals surface area contributed by atoms with Crippen LogP contribution in [0.4, 0.5) is 13.2 Å². The van der Waals surface area contributed by atoms with Crippen molar-refractivity contribution in [3.05, 3.63) is 23.9 Å². The SMILES string of the molecule is O=C(O)CC1CSCCN1C(=O)c1ccnc(OCC(F)(F)F)c1. The van der Waals surface area contributed by atoms with Gasteiger partial charge in [0.05, 0.1) is 12.5 Å². The predicted molar refractivity (Wildman–Crippen MR) is 80.2 cm³/mol. The molecule has 1 aliphatic heterocycles. The number of carboxylic acids is 1. The number of ether oxygens (including phenoxy) is 1. The van der Waals surface area contributed by atoms with Gasteiger partial charge in [0.25, 0.3) is 5.91 Å². The van der Waals surface area contributed by atoms with Crippen LogP contribution in [-0.4, -0.2) is 63.7 Å². The molecule has 1 aliphatic rings. The highest BCUT2D eigenvalue weighted by atomic mass is 32.2. The van der Waals surface area contributed by atoms with Crippen molar-refractivity contribution in [1.29, 1.82) is 0 Å². The van der Waals surface area contributed by atoms with Crippen LogP contribution in [0.15, 0.2) is 18.3 Å². The fraction of sp³-hybridized carbons (Fsp3) is 0.500. The van der Waals surface area contributed by atoms with Gasteiger partial charge < -0.3 is 14.7 Å². The molecular weight excluding hydrogens is 349 g/mol. The Kier molecular flexibility index (Phi) is 5.92. The van der Waals surface area contributed by atoms with Crippen LogP contribution >= 0.6 is 11.8 Å². The molecule has 1 fully saturated rings. The molecule has 0 bridgehead atoms. The van der Waals surface area contributed by atoms with Gasteiger partial charge >= 0.3 is 12.1 Å². The van der Waals surface area contributed by atoms with Crippen LogP contribution in [0, 0.1) is 0 Å². The molecule has 0 radical (unpaired) electrons. The highest BCUT2D eigenvalue weighted by Gasteiger charge is 2.31. The van der Waals surface area contributed by atoms with E-state index in [2.05, 4.69) is 9.72 Å². The number of thioether (sulfide) groups is 1. The van der Waals surface area contributed by atoms with E-state index < -0.39 is 30.7 Å². The Balaban J connectivity index is 2.11. The molecule has 132 valence electrons. The van der Waals surface area contributed by atoms with E-state index in [0.29, 0.717) is 18.1 Å². The molecule has 6 nitrogen and oxygen atoms in total. The third kappa shape index (κ3) is 5.29. The number of alkyl halides is 3. The number of amides is 1. The predicted octanol–water partition coefficient (Wildman–Crippen LogP) is 2.06. The molecule has 0 aromatic carbocycles. The molecule has 1 amide bonds. The lowest BCUT2D eigenvalue weighted by Gasteiger charge is -2.34. The van der Waals surface area contributed by atoms with Gasteiger partial charge in [-0.25, -0.2) is 4.98 Å². The fourth-order valence-corrected chi connectivity index (χ4v) is 3.30. The summed E-state index contributed by atoms with van der Waals surface area (Å²) in [5, 5.41) is 8.94. The van der Waals surface area contributed by atoms with E-state index in [-0.39, 0.29) is 17.9 Å². The van der Waals surface area contributed by atoms with E-state index >= 15 is 0 Å². The Bertz CT molecular complexity index is 612. The van der Waals surface area contributed by atoms with Gasteiger partial charge in [-0.3, -0.25) is 9.59 Å². The zero-order chi connectivity index (χ0) is 17.7. The number of rotatable bonds is 5. The first kappa shape index (κ1) is 18.4. The summed E-state index contributed by atoms with van der Waals surface area (Å²) in [4.78, 5) is 28.6. The topological polar surface area (TPSA) is 79.7 Å². The summed E-state index contributed by atoms with van der Waals surface area (Å²) in [5.41, 5.74) is 0.115. The van der Waals surface area contributed by atoms with Crippen LogP contribution < -0.4 is 4.74 Å². The molecule has 1 N–H and O–H groups in total. The minimum atomic E-state index is -4.50. The average Bonchev–Trinajstić information content (AvgIpc) is 2.52. The summed E-state index contributed by atoms with van der Waals surface area (Å²) < 4.78 is 41.1. The van der Waals surface area contributed by atoms with Gasteiger partial charge in [-0.15, -0.1) is 0 Å². The van der Waals surface area contributed by atoms with Crippen LogP contribution in [0.3, 0.4) is 0 Å². The second-order valence-corrected chi connectivity index (χ2v) is 6.26. The molecule has 0 saturated carbocycles. The van der Waals surface area contributed by atoms with Crippen molar-refractivity contribution in [2.24, 2.45) is 0 Å². The molecule has 24 heavy (non-hydrogen) atoms. The minimum absolute atomic E-state index is 0.115. The van der Waals surface area contributed by atoms with Crippen molar-refractivity contribution < 1.29 is 32.6 Å². The minimum Gasteiger partial charge on any atom is -0.481 e. The molecule has 0 spiro atoms. The number of hydrogen-bond acceptors (Lipinski definition) is 5. The summed E-state index contributed by atoms with van der Waals surface area (Å²) in [6.45, 7) is -1.12. The van der Waals surface area contributed by atoms with E-state index in [1.807, 2.05) is 0 Å². The third-order valence-corrected chi connectivity index (χ3v) is 4.36. The van der Waals surface area contributed by atoms with Crippen molar-refractivity contribution in [3.63, 3.8) is 0 Å². The smallest absolute Gasteiger partial charge is 0.422 e. The van der Waals surface area contributed by atoms with Crippen LogP contribution in [0.2, 0.25) is 0 Å². The van der Waals surface area contributed by atoms with Crippen molar-refractivity contribution in [1.82, 2.24) is 9.88 Å². The number of aliphatic carboxylic acids is 1. The summed E-state index contributed by atoms with van der Waals surface area (Å²) >= 11 is 1.56. The Hall–Kier alpha value is -1.97. The van der Waals surface area contributed by atoms with Gasteiger partial charge in [0.1, 0.15) is 0 Å². The Morgan fingerprint density at radius 3 is 2.88 bits per heavy atom. The van der Waals surface area contributed by atoms with E-state index in [1.54, 1.807) is 11.8 Å². The molecule has 0 aliphatic carbocycles. The molecule has 1 saturated heterocycles. The molecule has 2 rings (SSSR count). The van der Waals surface area contributed by atoms with E-state index in [1.165, 1.54) is 17.2 Å². The highest BCUT2D eigenvalue weighted by Crippen LogP contribution is 2.23. The Morgan fingerprint density at radius 1 is 1.46 bits per heavy atom. The number of pyridine rings is 1.